The molecule has 0 aliphatic rings. The number of hydrogen-bond donors (Lipinski definition) is 3. The summed E-state index contributed by atoms with van der Waals surface area (Å²) in [5, 5.41) is 21.9. The first kappa shape index (κ1) is 13.5. The highest BCUT2D eigenvalue weighted by atomic mass is 16.4. The van der Waals surface area contributed by atoms with Gasteiger partial charge in [0, 0.05) is 12.2 Å². The molecule has 6 heteroatoms. The van der Waals surface area contributed by atoms with E-state index in [2.05, 4.69) is 10.6 Å². The number of carboxylic acids is 1. The molecular formula is C12H13N3O3. The van der Waals surface area contributed by atoms with E-state index in [1.807, 2.05) is 6.07 Å². The maximum atomic E-state index is 11.3. The number of benzene rings is 1. The van der Waals surface area contributed by atoms with Crippen LogP contribution in [0.1, 0.15) is 12.0 Å². The molecule has 0 heterocycles. The molecule has 0 saturated carbocycles. The topological polar surface area (TPSA) is 102 Å². The van der Waals surface area contributed by atoms with E-state index in [9.17, 15) is 9.59 Å². The minimum Gasteiger partial charge on any atom is -0.481 e. The SMILES string of the molecule is N#CCc1ccc(NC(=O)NCCC(=O)O)cc1. The number of nitriles is 1. The van der Waals surface area contributed by atoms with Gasteiger partial charge in [-0.3, -0.25) is 4.79 Å². The van der Waals surface area contributed by atoms with Crippen LogP contribution in [-0.4, -0.2) is 23.7 Å². The van der Waals surface area contributed by atoms with Crippen molar-refractivity contribution in [1.29, 1.82) is 5.26 Å². The maximum absolute atomic E-state index is 11.3. The van der Waals surface area contributed by atoms with Gasteiger partial charge >= 0.3 is 12.0 Å². The zero-order valence-electron chi connectivity index (χ0n) is 9.64. The second-order valence-electron chi connectivity index (χ2n) is 3.56. The predicted octanol–water partition coefficient (Wildman–Crippen LogP) is 1.35. The Morgan fingerprint density at radius 3 is 2.50 bits per heavy atom. The number of carbonyl (C=O) groups excluding carboxylic acids is 1. The van der Waals surface area contributed by atoms with Crippen LogP contribution in [0.3, 0.4) is 0 Å². The first-order chi connectivity index (χ1) is 8.61. The molecule has 0 unspecified atom stereocenters. The summed E-state index contributed by atoms with van der Waals surface area (Å²) in [4.78, 5) is 21.6. The van der Waals surface area contributed by atoms with Gasteiger partial charge in [0.2, 0.25) is 0 Å². The van der Waals surface area contributed by atoms with E-state index in [1.54, 1.807) is 24.3 Å². The number of hydrogen-bond acceptors (Lipinski definition) is 3. The molecule has 0 aromatic heterocycles. The summed E-state index contributed by atoms with van der Waals surface area (Å²) in [7, 11) is 0. The highest BCUT2D eigenvalue weighted by Gasteiger charge is 2.02. The Morgan fingerprint density at radius 1 is 1.28 bits per heavy atom. The Labute approximate surface area is 104 Å². The van der Waals surface area contributed by atoms with Gasteiger partial charge in [-0.2, -0.15) is 5.26 Å². The molecule has 0 radical (unpaired) electrons. The number of carboxylic acid groups (broad SMARTS) is 1. The molecule has 1 aromatic rings. The van der Waals surface area contributed by atoms with Gasteiger partial charge in [-0.1, -0.05) is 12.1 Å². The largest absolute Gasteiger partial charge is 0.481 e. The van der Waals surface area contributed by atoms with Crippen molar-refractivity contribution in [1.82, 2.24) is 5.32 Å². The Hall–Kier alpha value is -2.55. The van der Waals surface area contributed by atoms with Gasteiger partial charge in [0.05, 0.1) is 18.9 Å². The number of rotatable bonds is 5. The minimum atomic E-state index is -0.962. The average Bonchev–Trinajstić information content (AvgIpc) is 2.31. The second-order valence-corrected chi connectivity index (χ2v) is 3.56. The second kappa shape index (κ2) is 6.91. The zero-order valence-corrected chi connectivity index (χ0v) is 9.64. The first-order valence-electron chi connectivity index (χ1n) is 5.34. The van der Waals surface area contributed by atoms with Crippen molar-refractivity contribution >= 4 is 17.7 Å². The fraction of sp³-hybridized carbons (Fsp3) is 0.250. The highest BCUT2D eigenvalue weighted by Crippen LogP contribution is 2.09. The molecule has 6 nitrogen and oxygen atoms in total. The minimum absolute atomic E-state index is 0.0771. The fourth-order valence-corrected chi connectivity index (χ4v) is 1.26. The van der Waals surface area contributed by atoms with E-state index in [1.165, 1.54) is 0 Å². The lowest BCUT2D eigenvalue weighted by molar-refractivity contribution is -0.136. The molecule has 0 atom stereocenters. The maximum Gasteiger partial charge on any atom is 0.319 e. The average molecular weight is 247 g/mol. The van der Waals surface area contributed by atoms with Crippen molar-refractivity contribution in [2.45, 2.75) is 12.8 Å². The van der Waals surface area contributed by atoms with Gasteiger partial charge in [-0.05, 0) is 17.7 Å². The van der Waals surface area contributed by atoms with Gasteiger partial charge in [0.15, 0.2) is 0 Å². The van der Waals surface area contributed by atoms with E-state index in [0.29, 0.717) is 12.1 Å². The van der Waals surface area contributed by atoms with Gasteiger partial charge in [0.25, 0.3) is 0 Å². The molecular weight excluding hydrogens is 234 g/mol. The molecule has 3 N–H and O–H groups in total. The van der Waals surface area contributed by atoms with E-state index < -0.39 is 12.0 Å². The van der Waals surface area contributed by atoms with Crippen molar-refractivity contribution in [3.05, 3.63) is 29.8 Å². The van der Waals surface area contributed by atoms with Crippen LogP contribution >= 0.6 is 0 Å². The van der Waals surface area contributed by atoms with E-state index >= 15 is 0 Å². The summed E-state index contributed by atoms with van der Waals surface area (Å²) in [6, 6.07) is 8.43. The van der Waals surface area contributed by atoms with Gasteiger partial charge in [0.1, 0.15) is 0 Å². The van der Waals surface area contributed by atoms with Crippen LogP contribution in [-0.2, 0) is 11.2 Å². The fourth-order valence-electron chi connectivity index (χ4n) is 1.26. The quantitative estimate of drug-likeness (QED) is 0.730. The van der Waals surface area contributed by atoms with E-state index in [4.69, 9.17) is 10.4 Å². The molecule has 0 spiro atoms. The van der Waals surface area contributed by atoms with Crippen LogP contribution in [0.15, 0.2) is 24.3 Å². The third-order valence-electron chi connectivity index (χ3n) is 2.12. The number of urea groups is 1. The molecule has 0 aliphatic heterocycles. The Morgan fingerprint density at radius 2 is 1.94 bits per heavy atom. The molecule has 1 rings (SSSR count). The van der Waals surface area contributed by atoms with Crippen LogP contribution < -0.4 is 10.6 Å². The standard InChI is InChI=1S/C12H13N3O3/c13-7-5-9-1-3-10(4-2-9)15-12(18)14-8-6-11(16)17/h1-4H,5-6,8H2,(H,16,17)(H2,14,15,18). The third-order valence-corrected chi connectivity index (χ3v) is 2.12. The zero-order chi connectivity index (χ0) is 13.4. The van der Waals surface area contributed by atoms with Crippen molar-refractivity contribution < 1.29 is 14.7 Å². The molecule has 1 aromatic carbocycles. The molecule has 0 saturated heterocycles. The molecule has 94 valence electrons. The van der Waals surface area contributed by atoms with E-state index in [0.717, 1.165) is 5.56 Å². The first-order valence-corrected chi connectivity index (χ1v) is 5.34. The lowest BCUT2D eigenvalue weighted by Gasteiger charge is -2.06. The monoisotopic (exact) mass is 247 g/mol. The third kappa shape index (κ3) is 4.99. The summed E-state index contributed by atoms with van der Waals surface area (Å²) in [5.74, 6) is -0.962. The van der Waals surface area contributed by atoms with E-state index in [-0.39, 0.29) is 13.0 Å². The number of nitrogens with one attached hydrogen (secondary N) is 2. The lowest BCUT2D eigenvalue weighted by atomic mass is 10.1. The summed E-state index contributed by atoms with van der Waals surface area (Å²) >= 11 is 0. The Kier molecular flexibility index (Phi) is 5.19. The van der Waals surface area contributed by atoms with Crippen molar-refractivity contribution in [2.24, 2.45) is 0 Å². The summed E-state index contributed by atoms with van der Waals surface area (Å²) in [6.45, 7) is 0.0771. The summed E-state index contributed by atoms with van der Waals surface area (Å²) < 4.78 is 0. The number of anilines is 1. The van der Waals surface area contributed by atoms with Crippen molar-refractivity contribution in [3.8, 4) is 6.07 Å². The predicted molar refractivity (Wildman–Crippen MR) is 65.0 cm³/mol. The summed E-state index contributed by atoms with van der Waals surface area (Å²) in [6.07, 6.45) is 0.208. The molecule has 0 fully saturated rings. The molecule has 18 heavy (non-hydrogen) atoms. The highest BCUT2D eigenvalue weighted by molar-refractivity contribution is 5.89. The Balaban J connectivity index is 2.40. The number of carbonyl (C=O) groups is 2. The van der Waals surface area contributed by atoms with Gasteiger partial charge in [-0.25, -0.2) is 4.79 Å². The smallest absolute Gasteiger partial charge is 0.319 e. The summed E-state index contributed by atoms with van der Waals surface area (Å²) in [5.41, 5.74) is 1.46. The molecule has 2 amide bonds. The Bertz CT molecular complexity index is 462. The van der Waals surface area contributed by atoms with Crippen LogP contribution in [0, 0.1) is 11.3 Å². The van der Waals surface area contributed by atoms with Crippen LogP contribution in [0.4, 0.5) is 10.5 Å². The van der Waals surface area contributed by atoms with Crippen LogP contribution in [0.25, 0.3) is 0 Å². The van der Waals surface area contributed by atoms with Crippen molar-refractivity contribution in [2.75, 3.05) is 11.9 Å². The number of amides is 2. The van der Waals surface area contributed by atoms with Gasteiger partial charge in [-0.15, -0.1) is 0 Å². The lowest BCUT2D eigenvalue weighted by Crippen LogP contribution is -2.30. The molecule has 0 aliphatic carbocycles. The van der Waals surface area contributed by atoms with Crippen LogP contribution in [0.5, 0.6) is 0 Å². The molecule has 0 bridgehead atoms. The van der Waals surface area contributed by atoms with Crippen molar-refractivity contribution in [3.63, 3.8) is 0 Å². The normalized spacial score (nSPS) is 9.28. The number of aliphatic carboxylic acids is 1. The van der Waals surface area contributed by atoms with Gasteiger partial charge < -0.3 is 15.7 Å². The van der Waals surface area contributed by atoms with Crippen LogP contribution in [0.2, 0.25) is 0 Å². The number of nitrogens with zero attached hydrogens (tertiary/aromatic N) is 1.